The Morgan fingerprint density at radius 3 is 2.76 bits per heavy atom. The van der Waals surface area contributed by atoms with Gasteiger partial charge in [0, 0.05) is 23.0 Å². The van der Waals surface area contributed by atoms with E-state index in [4.69, 9.17) is 16.3 Å². The number of pyridine rings is 1. The van der Waals surface area contributed by atoms with Gasteiger partial charge in [0.1, 0.15) is 18.2 Å². The molecule has 0 amide bonds. The van der Waals surface area contributed by atoms with Crippen LogP contribution in [-0.2, 0) is 6.61 Å². The second-order valence-corrected chi connectivity index (χ2v) is 5.12. The fourth-order valence-corrected chi connectivity index (χ4v) is 2.38. The van der Waals surface area contributed by atoms with E-state index < -0.39 is 0 Å². The molecule has 21 heavy (non-hydrogen) atoms. The topological polar surface area (TPSA) is 34.2 Å². The zero-order valence-electron chi connectivity index (χ0n) is 11.6. The Balaban J connectivity index is 1.88. The van der Waals surface area contributed by atoms with Gasteiger partial charge in [-0.3, -0.25) is 0 Å². The number of nitrogens with zero attached hydrogens (tertiary/aromatic N) is 1. The molecule has 0 bridgehead atoms. The number of anilines is 1. The molecule has 0 radical (unpaired) electrons. The zero-order valence-corrected chi connectivity index (χ0v) is 12.4. The van der Waals surface area contributed by atoms with Gasteiger partial charge in [0.15, 0.2) is 0 Å². The number of hydrogen-bond donors (Lipinski definition) is 1. The van der Waals surface area contributed by atoms with E-state index >= 15 is 0 Å². The number of fused-ring (bicyclic) bond motifs is 1. The van der Waals surface area contributed by atoms with Crippen molar-refractivity contribution in [2.45, 2.75) is 6.61 Å². The fraction of sp³-hybridized carbons (Fsp3) is 0.118. The van der Waals surface area contributed by atoms with Crippen LogP contribution >= 0.6 is 11.6 Å². The summed E-state index contributed by atoms with van der Waals surface area (Å²) in [5, 5.41) is 4.88. The summed E-state index contributed by atoms with van der Waals surface area (Å²) in [5.41, 5.74) is 1.98. The summed E-state index contributed by atoms with van der Waals surface area (Å²) in [7, 11) is 1.86. The van der Waals surface area contributed by atoms with Crippen molar-refractivity contribution in [2.24, 2.45) is 0 Å². The lowest BCUT2D eigenvalue weighted by Crippen LogP contribution is -2.03. The number of nitrogens with one attached hydrogen (secondary N) is 1. The van der Waals surface area contributed by atoms with E-state index in [1.807, 2.05) is 49.5 Å². The summed E-state index contributed by atoms with van der Waals surface area (Å²) in [6.07, 6.45) is 0. The number of hydrogen-bond acceptors (Lipinski definition) is 3. The normalized spacial score (nSPS) is 10.6. The van der Waals surface area contributed by atoms with E-state index in [1.165, 1.54) is 0 Å². The van der Waals surface area contributed by atoms with Crippen molar-refractivity contribution in [2.75, 3.05) is 12.4 Å². The molecular formula is C17H15ClN2O. The molecule has 0 saturated carbocycles. The van der Waals surface area contributed by atoms with Gasteiger partial charge in [-0.2, -0.15) is 0 Å². The predicted molar refractivity (Wildman–Crippen MR) is 87.1 cm³/mol. The van der Waals surface area contributed by atoms with Gasteiger partial charge in [0.2, 0.25) is 0 Å². The van der Waals surface area contributed by atoms with E-state index in [-0.39, 0.29) is 0 Å². The van der Waals surface area contributed by atoms with Crippen LogP contribution in [0.25, 0.3) is 10.9 Å². The molecule has 0 aliphatic carbocycles. The standard InChI is InChI=1S/C17H15ClN2O/c1-19-17-13(9-12-5-2-3-8-16(12)20-17)11-21-15-7-4-6-14(18)10-15/h2-10H,11H2,1H3,(H,19,20). The zero-order chi connectivity index (χ0) is 14.7. The Morgan fingerprint density at radius 2 is 1.95 bits per heavy atom. The van der Waals surface area contributed by atoms with Gasteiger partial charge in [-0.05, 0) is 30.3 Å². The number of ether oxygens (including phenoxy) is 1. The van der Waals surface area contributed by atoms with Gasteiger partial charge in [-0.1, -0.05) is 35.9 Å². The summed E-state index contributed by atoms with van der Waals surface area (Å²) in [6, 6.07) is 17.5. The van der Waals surface area contributed by atoms with Gasteiger partial charge in [-0.15, -0.1) is 0 Å². The Bertz CT molecular complexity index is 774. The largest absolute Gasteiger partial charge is 0.489 e. The first kappa shape index (κ1) is 13.7. The van der Waals surface area contributed by atoms with Crippen molar-refractivity contribution in [1.82, 2.24) is 4.98 Å². The predicted octanol–water partition coefficient (Wildman–Crippen LogP) is 4.51. The maximum atomic E-state index is 5.96. The number of aromatic nitrogens is 1. The van der Waals surface area contributed by atoms with E-state index in [2.05, 4.69) is 16.4 Å². The SMILES string of the molecule is CNc1nc2ccccc2cc1COc1cccc(Cl)c1. The number of para-hydroxylation sites is 1. The number of halogens is 1. The van der Waals surface area contributed by atoms with Crippen LogP contribution in [0, 0.1) is 0 Å². The average molecular weight is 299 g/mol. The van der Waals surface area contributed by atoms with Gasteiger partial charge in [0.25, 0.3) is 0 Å². The molecule has 1 N–H and O–H groups in total. The fourth-order valence-electron chi connectivity index (χ4n) is 2.20. The quantitative estimate of drug-likeness (QED) is 0.769. The van der Waals surface area contributed by atoms with Crippen LogP contribution in [0.2, 0.25) is 5.02 Å². The first-order valence-electron chi connectivity index (χ1n) is 6.71. The Hall–Kier alpha value is -2.26. The van der Waals surface area contributed by atoms with Crippen molar-refractivity contribution < 1.29 is 4.74 Å². The van der Waals surface area contributed by atoms with Crippen LogP contribution in [0.3, 0.4) is 0 Å². The van der Waals surface area contributed by atoms with Crippen LogP contribution in [0.1, 0.15) is 5.56 Å². The van der Waals surface area contributed by atoms with Crippen LogP contribution < -0.4 is 10.1 Å². The maximum absolute atomic E-state index is 5.96. The summed E-state index contributed by atoms with van der Waals surface area (Å²) < 4.78 is 5.80. The summed E-state index contributed by atoms with van der Waals surface area (Å²) in [5.74, 6) is 1.58. The molecule has 2 aromatic carbocycles. The summed E-state index contributed by atoms with van der Waals surface area (Å²) >= 11 is 5.96. The molecule has 0 atom stereocenters. The highest BCUT2D eigenvalue weighted by molar-refractivity contribution is 6.30. The maximum Gasteiger partial charge on any atom is 0.133 e. The smallest absolute Gasteiger partial charge is 0.133 e. The van der Waals surface area contributed by atoms with Gasteiger partial charge in [0.05, 0.1) is 5.52 Å². The Kier molecular flexibility index (Phi) is 3.93. The highest BCUT2D eigenvalue weighted by Gasteiger charge is 2.06. The van der Waals surface area contributed by atoms with Crippen molar-refractivity contribution in [1.29, 1.82) is 0 Å². The molecule has 0 unspecified atom stereocenters. The van der Waals surface area contributed by atoms with E-state index in [1.54, 1.807) is 6.07 Å². The van der Waals surface area contributed by atoms with Gasteiger partial charge in [-0.25, -0.2) is 4.98 Å². The van der Waals surface area contributed by atoms with E-state index in [0.29, 0.717) is 11.6 Å². The molecule has 1 heterocycles. The molecule has 0 spiro atoms. The molecule has 4 heteroatoms. The minimum Gasteiger partial charge on any atom is -0.489 e. The third-order valence-corrected chi connectivity index (χ3v) is 3.47. The number of rotatable bonds is 4. The monoisotopic (exact) mass is 298 g/mol. The molecular weight excluding hydrogens is 284 g/mol. The second kappa shape index (κ2) is 6.02. The van der Waals surface area contributed by atoms with Crippen LogP contribution in [-0.4, -0.2) is 12.0 Å². The first-order chi connectivity index (χ1) is 10.3. The van der Waals surface area contributed by atoms with E-state index in [9.17, 15) is 0 Å². The van der Waals surface area contributed by atoms with Crippen molar-refractivity contribution >= 4 is 28.3 Å². The third-order valence-electron chi connectivity index (χ3n) is 3.23. The van der Waals surface area contributed by atoms with E-state index in [0.717, 1.165) is 28.0 Å². The molecule has 0 aliphatic heterocycles. The van der Waals surface area contributed by atoms with Crippen molar-refractivity contribution in [3.63, 3.8) is 0 Å². The second-order valence-electron chi connectivity index (χ2n) is 4.68. The lowest BCUT2D eigenvalue weighted by atomic mass is 10.1. The van der Waals surface area contributed by atoms with Gasteiger partial charge >= 0.3 is 0 Å². The lowest BCUT2D eigenvalue weighted by molar-refractivity contribution is 0.306. The molecule has 3 aromatic rings. The summed E-state index contributed by atoms with van der Waals surface area (Å²) in [6.45, 7) is 0.439. The molecule has 3 nitrogen and oxygen atoms in total. The molecule has 0 aliphatic rings. The van der Waals surface area contributed by atoms with Gasteiger partial charge < -0.3 is 10.1 Å². The summed E-state index contributed by atoms with van der Waals surface area (Å²) in [4.78, 5) is 4.61. The average Bonchev–Trinajstić information content (AvgIpc) is 2.52. The molecule has 0 saturated heterocycles. The third kappa shape index (κ3) is 3.09. The lowest BCUT2D eigenvalue weighted by Gasteiger charge is -2.11. The van der Waals surface area contributed by atoms with Crippen molar-refractivity contribution in [3.05, 3.63) is 65.2 Å². The van der Waals surface area contributed by atoms with Crippen LogP contribution in [0.4, 0.5) is 5.82 Å². The Labute approximate surface area is 128 Å². The Morgan fingerprint density at radius 1 is 1.10 bits per heavy atom. The van der Waals surface area contributed by atoms with Crippen molar-refractivity contribution in [3.8, 4) is 5.75 Å². The highest BCUT2D eigenvalue weighted by Crippen LogP contribution is 2.23. The van der Waals surface area contributed by atoms with Crippen LogP contribution in [0.5, 0.6) is 5.75 Å². The highest BCUT2D eigenvalue weighted by atomic mass is 35.5. The minimum atomic E-state index is 0.439. The molecule has 0 fully saturated rings. The number of benzene rings is 2. The first-order valence-corrected chi connectivity index (χ1v) is 7.09. The molecule has 3 rings (SSSR count). The molecule has 1 aromatic heterocycles. The van der Waals surface area contributed by atoms with Crippen LogP contribution in [0.15, 0.2) is 54.6 Å². The molecule has 106 valence electrons. The minimum absolute atomic E-state index is 0.439.